The minimum absolute atomic E-state index is 0.180. The van der Waals surface area contributed by atoms with Crippen LogP contribution in [-0.4, -0.2) is 5.91 Å². The van der Waals surface area contributed by atoms with Gasteiger partial charge in [-0.2, -0.15) is 0 Å². The van der Waals surface area contributed by atoms with Gasteiger partial charge >= 0.3 is 0 Å². The molecule has 0 radical (unpaired) electrons. The Morgan fingerprint density at radius 3 is 2.58 bits per heavy atom. The first kappa shape index (κ1) is 16.1. The molecule has 2 nitrogen and oxygen atoms in total. The lowest BCUT2D eigenvalue weighted by molar-refractivity contribution is -0.111. The largest absolute Gasteiger partial charge is 0.320 e. The van der Waals surface area contributed by atoms with Crippen LogP contribution < -0.4 is 5.32 Å². The van der Waals surface area contributed by atoms with E-state index in [-0.39, 0.29) is 5.69 Å². The van der Waals surface area contributed by atoms with Gasteiger partial charge in [0.25, 0.3) is 0 Å². The smallest absolute Gasteiger partial charge is 0.248 e. The van der Waals surface area contributed by atoms with E-state index in [1.807, 2.05) is 42.5 Å². The number of carbonyl (C=O) groups excluding carboxylic acids is 1. The van der Waals surface area contributed by atoms with Gasteiger partial charge in [-0.3, -0.25) is 4.79 Å². The molecular formula is C19H13F2NOS. The SMILES string of the molecule is O=C(/C=C/c1ccc(-c2ccccc2)s1)Nc1cc(F)ccc1F. The van der Waals surface area contributed by atoms with Crippen LogP contribution in [0.25, 0.3) is 16.5 Å². The maximum atomic E-state index is 13.5. The van der Waals surface area contributed by atoms with Crippen molar-refractivity contribution in [1.82, 2.24) is 0 Å². The van der Waals surface area contributed by atoms with E-state index >= 15 is 0 Å². The van der Waals surface area contributed by atoms with Gasteiger partial charge in [0.05, 0.1) is 5.69 Å². The molecule has 0 unspecified atom stereocenters. The van der Waals surface area contributed by atoms with Gasteiger partial charge in [0.2, 0.25) is 5.91 Å². The van der Waals surface area contributed by atoms with Gasteiger partial charge < -0.3 is 5.32 Å². The third-order valence-corrected chi connectivity index (χ3v) is 4.37. The van der Waals surface area contributed by atoms with Gasteiger partial charge in [-0.25, -0.2) is 8.78 Å². The van der Waals surface area contributed by atoms with Crippen LogP contribution in [0.1, 0.15) is 4.88 Å². The van der Waals surface area contributed by atoms with Crippen molar-refractivity contribution in [2.45, 2.75) is 0 Å². The molecule has 0 atom stereocenters. The van der Waals surface area contributed by atoms with E-state index in [9.17, 15) is 13.6 Å². The molecule has 0 bridgehead atoms. The Kier molecular flexibility index (Phi) is 4.82. The molecule has 3 rings (SSSR count). The lowest BCUT2D eigenvalue weighted by Crippen LogP contribution is -2.09. The number of hydrogen-bond acceptors (Lipinski definition) is 2. The Hall–Kier alpha value is -2.79. The molecule has 2 aromatic carbocycles. The molecule has 1 N–H and O–H groups in total. The highest BCUT2D eigenvalue weighted by atomic mass is 32.1. The van der Waals surface area contributed by atoms with Crippen molar-refractivity contribution in [2.75, 3.05) is 5.32 Å². The van der Waals surface area contributed by atoms with Crippen LogP contribution in [-0.2, 0) is 4.79 Å². The fourth-order valence-corrected chi connectivity index (χ4v) is 3.04. The van der Waals surface area contributed by atoms with Crippen molar-refractivity contribution in [3.63, 3.8) is 0 Å². The second-order valence-electron chi connectivity index (χ2n) is 5.01. The number of hydrogen-bond donors (Lipinski definition) is 1. The van der Waals surface area contributed by atoms with Crippen molar-refractivity contribution in [3.8, 4) is 10.4 Å². The van der Waals surface area contributed by atoms with E-state index < -0.39 is 17.5 Å². The fraction of sp³-hybridized carbons (Fsp3) is 0. The molecule has 0 spiro atoms. The standard InChI is InChI=1S/C19H13F2NOS/c20-14-6-9-16(21)17(12-14)22-19(23)11-8-15-7-10-18(24-15)13-4-2-1-3-5-13/h1-12H,(H,22,23)/b11-8+. The Morgan fingerprint density at radius 1 is 1.00 bits per heavy atom. The minimum Gasteiger partial charge on any atom is -0.320 e. The fourth-order valence-electron chi connectivity index (χ4n) is 2.13. The van der Waals surface area contributed by atoms with Crippen LogP contribution in [0, 0.1) is 11.6 Å². The molecule has 120 valence electrons. The molecular weight excluding hydrogens is 328 g/mol. The summed E-state index contributed by atoms with van der Waals surface area (Å²) in [4.78, 5) is 13.8. The van der Waals surface area contributed by atoms with Gasteiger partial charge in [0.1, 0.15) is 11.6 Å². The highest BCUT2D eigenvalue weighted by Crippen LogP contribution is 2.28. The van der Waals surface area contributed by atoms with Gasteiger partial charge in [0.15, 0.2) is 0 Å². The van der Waals surface area contributed by atoms with Gasteiger partial charge in [-0.15, -0.1) is 11.3 Å². The average Bonchev–Trinajstić information content (AvgIpc) is 3.06. The number of nitrogens with one attached hydrogen (secondary N) is 1. The molecule has 5 heteroatoms. The predicted molar refractivity (Wildman–Crippen MR) is 93.8 cm³/mol. The lowest BCUT2D eigenvalue weighted by atomic mass is 10.2. The van der Waals surface area contributed by atoms with E-state index in [2.05, 4.69) is 5.32 Å². The number of benzene rings is 2. The van der Waals surface area contributed by atoms with Crippen LogP contribution in [0.2, 0.25) is 0 Å². The normalized spacial score (nSPS) is 10.9. The van der Waals surface area contributed by atoms with Crippen LogP contribution in [0.15, 0.2) is 66.7 Å². The molecule has 1 amide bonds. The number of thiophene rings is 1. The Bertz CT molecular complexity index is 887. The molecule has 0 saturated heterocycles. The zero-order valence-electron chi connectivity index (χ0n) is 12.5. The predicted octanol–water partition coefficient (Wildman–Crippen LogP) is 5.35. The van der Waals surface area contributed by atoms with Crippen molar-refractivity contribution >= 4 is 29.0 Å². The third-order valence-electron chi connectivity index (χ3n) is 3.27. The molecule has 24 heavy (non-hydrogen) atoms. The van der Waals surface area contributed by atoms with Crippen molar-refractivity contribution in [1.29, 1.82) is 0 Å². The summed E-state index contributed by atoms with van der Waals surface area (Å²) in [6.07, 6.45) is 2.94. The van der Waals surface area contributed by atoms with Crippen LogP contribution in [0.4, 0.5) is 14.5 Å². The third kappa shape index (κ3) is 3.94. The molecule has 0 fully saturated rings. The second kappa shape index (κ2) is 7.19. The molecule has 0 aliphatic carbocycles. The average molecular weight is 341 g/mol. The quantitative estimate of drug-likeness (QED) is 0.637. The molecule has 0 saturated carbocycles. The summed E-state index contributed by atoms with van der Waals surface area (Å²) in [6.45, 7) is 0. The van der Waals surface area contributed by atoms with Crippen LogP contribution >= 0.6 is 11.3 Å². The van der Waals surface area contributed by atoms with Crippen molar-refractivity contribution < 1.29 is 13.6 Å². The van der Waals surface area contributed by atoms with E-state index in [0.717, 1.165) is 33.5 Å². The highest BCUT2D eigenvalue weighted by Gasteiger charge is 2.06. The Balaban J connectivity index is 1.69. The molecule has 0 aliphatic rings. The molecule has 3 aromatic rings. The number of anilines is 1. The maximum absolute atomic E-state index is 13.5. The first-order chi connectivity index (χ1) is 11.6. The van der Waals surface area contributed by atoms with Gasteiger partial charge in [-0.1, -0.05) is 30.3 Å². The summed E-state index contributed by atoms with van der Waals surface area (Å²) in [6, 6.07) is 16.7. The van der Waals surface area contributed by atoms with E-state index in [1.54, 1.807) is 6.08 Å². The Labute approximate surface area is 142 Å². The summed E-state index contributed by atoms with van der Waals surface area (Å²) in [7, 11) is 0. The monoisotopic (exact) mass is 341 g/mol. The zero-order chi connectivity index (χ0) is 16.9. The minimum atomic E-state index is -0.680. The summed E-state index contributed by atoms with van der Waals surface area (Å²) in [5.41, 5.74) is 0.925. The van der Waals surface area contributed by atoms with Crippen molar-refractivity contribution in [2.24, 2.45) is 0 Å². The number of halogens is 2. The number of rotatable bonds is 4. The summed E-state index contributed by atoms with van der Waals surface area (Å²) in [5.74, 6) is -1.81. The number of carbonyl (C=O) groups is 1. The van der Waals surface area contributed by atoms with Crippen molar-refractivity contribution in [3.05, 3.63) is 83.3 Å². The van der Waals surface area contributed by atoms with Crippen LogP contribution in [0.3, 0.4) is 0 Å². The van der Waals surface area contributed by atoms with E-state index in [4.69, 9.17) is 0 Å². The first-order valence-electron chi connectivity index (χ1n) is 7.21. The molecule has 1 heterocycles. The van der Waals surface area contributed by atoms with Gasteiger partial charge in [0, 0.05) is 21.9 Å². The zero-order valence-corrected chi connectivity index (χ0v) is 13.3. The highest BCUT2D eigenvalue weighted by molar-refractivity contribution is 7.16. The van der Waals surface area contributed by atoms with Gasteiger partial charge in [-0.05, 0) is 35.9 Å². The molecule has 1 aromatic heterocycles. The summed E-state index contributed by atoms with van der Waals surface area (Å²) < 4.78 is 26.6. The second-order valence-corrected chi connectivity index (χ2v) is 6.13. The number of amides is 1. The van der Waals surface area contributed by atoms with Crippen LogP contribution in [0.5, 0.6) is 0 Å². The maximum Gasteiger partial charge on any atom is 0.248 e. The van der Waals surface area contributed by atoms with E-state index in [1.165, 1.54) is 17.4 Å². The summed E-state index contributed by atoms with van der Waals surface area (Å²) in [5, 5.41) is 2.32. The topological polar surface area (TPSA) is 29.1 Å². The first-order valence-corrected chi connectivity index (χ1v) is 8.03. The lowest BCUT2D eigenvalue weighted by Gasteiger charge is -2.03. The molecule has 0 aliphatic heterocycles. The Morgan fingerprint density at radius 2 is 1.79 bits per heavy atom. The van der Waals surface area contributed by atoms with E-state index in [0.29, 0.717) is 0 Å². The summed E-state index contributed by atoms with van der Waals surface area (Å²) >= 11 is 1.54.